The smallest absolute Gasteiger partial charge is 0.245 e. The van der Waals surface area contributed by atoms with E-state index in [0.29, 0.717) is 0 Å². The minimum atomic E-state index is -0.242. The first-order valence-corrected chi connectivity index (χ1v) is 7.62. The molecule has 3 rings (SSSR count). The quantitative estimate of drug-likeness (QED) is 0.757. The third kappa shape index (κ3) is 3.41. The van der Waals surface area contributed by atoms with Gasteiger partial charge < -0.3 is 4.98 Å². The van der Waals surface area contributed by atoms with E-state index in [1.165, 1.54) is 0 Å². The first kappa shape index (κ1) is 16.3. The average Bonchev–Trinajstić information content (AvgIpc) is 3.02. The highest BCUT2D eigenvalue weighted by Crippen LogP contribution is 2.32. The molecule has 1 aromatic heterocycles. The third-order valence-electron chi connectivity index (χ3n) is 3.30. The molecular formula is C19H19N3O. The highest BCUT2D eigenvalue weighted by atomic mass is 16.2. The van der Waals surface area contributed by atoms with Gasteiger partial charge in [0.05, 0.1) is 11.8 Å². The lowest BCUT2D eigenvalue weighted by Gasteiger charge is -2.21. The summed E-state index contributed by atoms with van der Waals surface area (Å²) in [5, 5.41) is 9.79. The molecule has 1 heterocycles. The minimum absolute atomic E-state index is 0.158. The van der Waals surface area contributed by atoms with Gasteiger partial charge in [-0.3, -0.25) is 9.69 Å². The lowest BCUT2D eigenvalue weighted by atomic mass is 10.2. The predicted octanol–water partition coefficient (Wildman–Crippen LogP) is 4.77. The lowest BCUT2D eigenvalue weighted by Crippen LogP contribution is -2.24. The van der Waals surface area contributed by atoms with Gasteiger partial charge in [0, 0.05) is 22.8 Å². The highest BCUT2D eigenvalue weighted by molar-refractivity contribution is 6.08. The second-order valence-electron chi connectivity index (χ2n) is 4.62. The number of para-hydroxylation sites is 2. The van der Waals surface area contributed by atoms with Crippen molar-refractivity contribution >= 4 is 28.2 Å². The molecular weight excluding hydrogens is 286 g/mol. The van der Waals surface area contributed by atoms with Crippen LogP contribution in [-0.2, 0) is 4.79 Å². The molecule has 4 heteroatoms. The Morgan fingerprint density at radius 3 is 2.43 bits per heavy atom. The van der Waals surface area contributed by atoms with Crippen molar-refractivity contribution in [2.45, 2.75) is 20.3 Å². The number of H-pyrrole nitrogens is 1. The molecule has 116 valence electrons. The molecule has 0 aliphatic heterocycles. The van der Waals surface area contributed by atoms with E-state index in [1.807, 2.05) is 74.5 Å². The van der Waals surface area contributed by atoms with Crippen molar-refractivity contribution in [3.8, 4) is 6.07 Å². The molecule has 0 fully saturated rings. The van der Waals surface area contributed by atoms with Gasteiger partial charge in [0.15, 0.2) is 0 Å². The van der Waals surface area contributed by atoms with Gasteiger partial charge in [0.2, 0.25) is 5.91 Å². The largest absolute Gasteiger partial charge is 0.359 e. The number of hydrogen-bond acceptors (Lipinski definition) is 2. The molecule has 1 amide bonds. The first-order valence-electron chi connectivity index (χ1n) is 7.62. The number of amides is 1. The van der Waals surface area contributed by atoms with Crippen molar-refractivity contribution in [2.75, 3.05) is 4.90 Å². The summed E-state index contributed by atoms with van der Waals surface area (Å²) in [6.07, 6.45) is 1.64. The zero-order valence-corrected chi connectivity index (χ0v) is 13.3. The molecule has 2 aromatic carbocycles. The van der Waals surface area contributed by atoms with Gasteiger partial charge >= 0.3 is 0 Å². The molecule has 0 atom stereocenters. The standard InChI is InChI=1S/C17H13N3O.C2H6/c18-11-10-17(21)20(13-6-2-1-3-7-13)16-12-19-15-9-5-4-8-14(15)16;1-2/h1-9,12,19H,10H2;1-2H3. The summed E-state index contributed by atoms with van der Waals surface area (Å²) in [5.41, 5.74) is 2.47. The number of nitriles is 1. The van der Waals surface area contributed by atoms with Crippen LogP contribution in [0.5, 0.6) is 0 Å². The van der Waals surface area contributed by atoms with Crippen LogP contribution in [0.15, 0.2) is 60.8 Å². The number of aromatic amines is 1. The second kappa shape index (κ2) is 7.81. The number of rotatable bonds is 3. The zero-order valence-electron chi connectivity index (χ0n) is 13.3. The second-order valence-corrected chi connectivity index (χ2v) is 4.62. The Bertz CT molecular complexity index is 815. The van der Waals surface area contributed by atoms with Crippen molar-refractivity contribution in [3.05, 3.63) is 60.8 Å². The van der Waals surface area contributed by atoms with E-state index >= 15 is 0 Å². The number of benzene rings is 2. The van der Waals surface area contributed by atoms with Crippen molar-refractivity contribution in [2.24, 2.45) is 0 Å². The van der Waals surface area contributed by atoms with Gasteiger partial charge in [0.1, 0.15) is 6.42 Å². The van der Waals surface area contributed by atoms with Crippen molar-refractivity contribution < 1.29 is 4.79 Å². The maximum atomic E-state index is 12.4. The molecule has 0 saturated carbocycles. The number of fused-ring (bicyclic) bond motifs is 1. The van der Waals surface area contributed by atoms with E-state index in [9.17, 15) is 4.79 Å². The monoisotopic (exact) mass is 305 g/mol. The van der Waals surface area contributed by atoms with E-state index in [1.54, 1.807) is 11.1 Å². The normalized spacial score (nSPS) is 9.61. The van der Waals surface area contributed by atoms with E-state index in [2.05, 4.69) is 4.98 Å². The van der Waals surface area contributed by atoms with Crippen molar-refractivity contribution in [1.29, 1.82) is 5.26 Å². The topological polar surface area (TPSA) is 59.9 Å². The number of carbonyl (C=O) groups is 1. The van der Waals surface area contributed by atoms with Gasteiger partial charge in [-0.15, -0.1) is 0 Å². The molecule has 3 aromatic rings. The summed E-state index contributed by atoms with van der Waals surface area (Å²) in [5.74, 6) is -0.242. The number of aromatic nitrogens is 1. The number of carbonyl (C=O) groups excluding carboxylic acids is 1. The Balaban J connectivity index is 0.000000924. The van der Waals surface area contributed by atoms with E-state index in [4.69, 9.17) is 5.26 Å². The third-order valence-corrected chi connectivity index (χ3v) is 3.30. The highest BCUT2D eigenvalue weighted by Gasteiger charge is 2.20. The van der Waals surface area contributed by atoms with Gasteiger partial charge in [-0.1, -0.05) is 50.2 Å². The van der Waals surface area contributed by atoms with Crippen molar-refractivity contribution in [1.82, 2.24) is 4.98 Å². The van der Waals surface area contributed by atoms with E-state index in [0.717, 1.165) is 22.3 Å². The van der Waals surface area contributed by atoms with Crippen LogP contribution in [0.1, 0.15) is 20.3 Å². The van der Waals surface area contributed by atoms with Crippen molar-refractivity contribution in [3.63, 3.8) is 0 Å². The fraction of sp³-hybridized carbons (Fsp3) is 0.158. The Hall–Kier alpha value is -3.06. The Morgan fingerprint density at radius 1 is 1.09 bits per heavy atom. The summed E-state index contributed by atoms with van der Waals surface area (Å²) in [6.45, 7) is 4.00. The summed E-state index contributed by atoms with van der Waals surface area (Å²) in [7, 11) is 0. The van der Waals surface area contributed by atoms with Crippen LogP contribution in [0.25, 0.3) is 10.9 Å². The molecule has 0 saturated heterocycles. The maximum Gasteiger partial charge on any atom is 0.245 e. The van der Waals surface area contributed by atoms with E-state index < -0.39 is 0 Å². The number of anilines is 2. The molecule has 0 unspecified atom stereocenters. The zero-order chi connectivity index (χ0) is 16.7. The predicted molar refractivity (Wildman–Crippen MR) is 93.5 cm³/mol. The maximum absolute atomic E-state index is 12.4. The SMILES string of the molecule is CC.N#CCC(=O)N(c1ccccc1)c1c[nH]c2ccccc12. The number of hydrogen-bond donors (Lipinski definition) is 1. The Labute approximate surface area is 136 Å². The number of nitrogens with one attached hydrogen (secondary N) is 1. The fourth-order valence-corrected chi connectivity index (χ4v) is 2.38. The number of nitrogens with zero attached hydrogens (tertiary/aromatic N) is 2. The first-order chi connectivity index (χ1) is 11.3. The van der Waals surface area contributed by atoms with Crippen LogP contribution in [0.4, 0.5) is 11.4 Å². The van der Waals surface area contributed by atoms with Crippen LogP contribution in [0.3, 0.4) is 0 Å². The van der Waals surface area contributed by atoms with Gasteiger partial charge in [-0.2, -0.15) is 5.26 Å². The van der Waals surface area contributed by atoms with Crippen LogP contribution >= 0.6 is 0 Å². The molecule has 0 aliphatic rings. The summed E-state index contributed by atoms with van der Waals surface area (Å²) >= 11 is 0. The van der Waals surface area contributed by atoms with Crippen LogP contribution in [0.2, 0.25) is 0 Å². The molecule has 0 spiro atoms. The molecule has 0 aliphatic carbocycles. The minimum Gasteiger partial charge on any atom is -0.359 e. The average molecular weight is 305 g/mol. The fourth-order valence-electron chi connectivity index (χ4n) is 2.38. The van der Waals surface area contributed by atoms with Crippen LogP contribution in [-0.4, -0.2) is 10.9 Å². The Morgan fingerprint density at radius 2 is 1.74 bits per heavy atom. The molecule has 0 radical (unpaired) electrons. The summed E-state index contributed by atoms with van der Waals surface area (Å²) in [6, 6.07) is 19.1. The van der Waals surface area contributed by atoms with Gasteiger partial charge in [-0.05, 0) is 18.2 Å². The lowest BCUT2D eigenvalue weighted by molar-refractivity contribution is -0.116. The molecule has 4 nitrogen and oxygen atoms in total. The molecule has 1 N–H and O–H groups in total. The van der Waals surface area contributed by atoms with Crippen LogP contribution < -0.4 is 4.90 Å². The molecule has 23 heavy (non-hydrogen) atoms. The van der Waals surface area contributed by atoms with Crippen LogP contribution in [0, 0.1) is 11.3 Å². The summed E-state index contributed by atoms with van der Waals surface area (Å²) < 4.78 is 0. The summed E-state index contributed by atoms with van der Waals surface area (Å²) in [4.78, 5) is 17.1. The van der Waals surface area contributed by atoms with E-state index in [-0.39, 0.29) is 12.3 Å². The van der Waals surface area contributed by atoms with Gasteiger partial charge in [0.25, 0.3) is 0 Å². The molecule has 0 bridgehead atoms. The van der Waals surface area contributed by atoms with Gasteiger partial charge in [-0.25, -0.2) is 0 Å². The Kier molecular flexibility index (Phi) is 5.54.